The van der Waals surface area contributed by atoms with Gasteiger partial charge in [0.15, 0.2) is 5.13 Å². The largest absolute Gasteiger partial charge is 0.307 e. The molecule has 2 heterocycles. The van der Waals surface area contributed by atoms with Crippen molar-refractivity contribution >= 4 is 48.5 Å². The third-order valence-corrected chi connectivity index (χ3v) is 5.44. The van der Waals surface area contributed by atoms with Crippen molar-refractivity contribution < 1.29 is 22.0 Å². The van der Waals surface area contributed by atoms with E-state index in [0.29, 0.717) is 10.2 Å². The Morgan fingerprint density at radius 3 is 2.77 bits per heavy atom. The number of rotatable bonds is 3. The minimum atomic E-state index is -4.80. The summed E-state index contributed by atoms with van der Waals surface area (Å²) in [5, 5.41) is 9.53. The third kappa shape index (κ3) is 2.52. The molecule has 1 fully saturated rings. The quantitative estimate of drug-likeness (QED) is 0.475. The topological polar surface area (TPSA) is 110 Å². The zero-order valence-electron chi connectivity index (χ0n) is 10.8. The van der Waals surface area contributed by atoms with Gasteiger partial charge in [0.25, 0.3) is 5.69 Å². The number of amides is 1. The van der Waals surface area contributed by atoms with Crippen LogP contribution in [0.1, 0.15) is 6.42 Å². The molecule has 1 aromatic carbocycles. The van der Waals surface area contributed by atoms with Gasteiger partial charge in [-0.3, -0.25) is 19.8 Å². The molecule has 0 radical (unpaired) electrons. The zero-order chi connectivity index (χ0) is 16.1. The lowest BCUT2D eigenvalue weighted by Crippen LogP contribution is -2.26. The molecule has 0 N–H and O–H groups in total. The Labute approximate surface area is 127 Å². The third-order valence-electron chi connectivity index (χ3n) is 3.29. The van der Waals surface area contributed by atoms with Gasteiger partial charge in [0, 0.05) is 25.1 Å². The number of hydrogen-bond acceptors (Lipinski definition) is 7. The van der Waals surface area contributed by atoms with Crippen LogP contribution in [0, 0.1) is 10.1 Å². The highest BCUT2D eigenvalue weighted by Gasteiger charge is 2.40. The maximum Gasteiger partial charge on any atom is 0.307 e. The van der Waals surface area contributed by atoms with Crippen molar-refractivity contribution in [3.05, 3.63) is 28.3 Å². The van der Waals surface area contributed by atoms with Crippen molar-refractivity contribution in [1.29, 1.82) is 0 Å². The monoisotopic (exact) mass is 345 g/mol. The number of halogens is 1. The average Bonchev–Trinajstić information content (AvgIpc) is 2.99. The average molecular weight is 345 g/mol. The summed E-state index contributed by atoms with van der Waals surface area (Å²) in [6.07, 6.45) is -0.436. The normalized spacial score (nSPS) is 19.0. The van der Waals surface area contributed by atoms with E-state index in [4.69, 9.17) is 0 Å². The van der Waals surface area contributed by atoms with Crippen molar-refractivity contribution in [2.75, 3.05) is 11.4 Å². The Kier molecular flexibility index (Phi) is 3.33. The molecule has 1 unspecified atom stereocenters. The Morgan fingerprint density at radius 1 is 1.45 bits per heavy atom. The molecule has 22 heavy (non-hydrogen) atoms. The predicted molar refractivity (Wildman–Crippen MR) is 77.1 cm³/mol. The van der Waals surface area contributed by atoms with Crippen LogP contribution in [0.4, 0.5) is 14.7 Å². The number of carbonyl (C=O) groups excluding carboxylic acids is 1. The molecule has 0 saturated carbocycles. The van der Waals surface area contributed by atoms with Crippen LogP contribution in [-0.2, 0) is 15.0 Å². The summed E-state index contributed by atoms with van der Waals surface area (Å²) in [6.45, 7) is -0.306. The molecule has 116 valence electrons. The number of non-ortho nitro benzene ring substituents is 1. The van der Waals surface area contributed by atoms with Gasteiger partial charge in [-0.15, -0.1) is 3.89 Å². The first kappa shape index (κ1) is 14.8. The van der Waals surface area contributed by atoms with E-state index in [1.807, 2.05) is 0 Å². The van der Waals surface area contributed by atoms with Gasteiger partial charge < -0.3 is 0 Å². The van der Waals surface area contributed by atoms with Gasteiger partial charge in [-0.2, -0.15) is 8.42 Å². The Balaban J connectivity index is 1.97. The van der Waals surface area contributed by atoms with Gasteiger partial charge >= 0.3 is 10.2 Å². The van der Waals surface area contributed by atoms with Crippen LogP contribution < -0.4 is 4.90 Å². The summed E-state index contributed by atoms with van der Waals surface area (Å²) in [5.74, 6) is -0.542. The van der Waals surface area contributed by atoms with Gasteiger partial charge in [-0.1, -0.05) is 11.3 Å². The lowest BCUT2D eigenvalue weighted by Gasteiger charge is -2.11. The summed E-state index contributed by atoms with van der Waals surface area (Å²) < 4.78 is 35.3. The van der Waals surface area contributed by atoms with Crippen LogP contribution in [-0.4, -0.2) is 36.0 Å². The maximum absolute atomic E-state index is 13.0. The van der Waals surface area contributed by atoms with E-state index in [2.05, 4.69) is 4.98 Å². The fourth-order valence-electron chi connectivity index (χ4n) is 2.18. The first-order valence-electron chi connectivity index (χ1n) is 6.04. The van der Waals surface area contributed by atoms with Gasteiger partial charge in [-0.05, 0) is 6.07 Å². The molecule has 1 aromatic heterocycles. The molecule has 0 aliphatic carbocycles. The molecular weight excluding hydrogens is 337 g/mol. The fourth-order valence-corrected chi connectivity index (χ4v) is 3.87. The van der Waals surface area contributed by atoms with Crippen molar-refractivity contribution in [2.45, 2.75) is 11.7 Å². The number of hydrogen-bond donors (Lipinski definition) is 0. The molecule has 11 heteroatoms. The number of fused-ring (bicyclic) bond motifs is 1. The number of benzene rings is 1. The number of nitrogens with zero attached hydrogens (tertiary/aromatic N) is 3. The van der Waals surface area contributed by atoms with Crippen LogP contribution >= 0.6 is 11.3 Å². The zero-order valence-corrected chi connectivity index (χ0v) is 12.4. The highest BCUT2D eigenvalue weighted by molar-refractivity contribution is 7.87. The molecule has 0 bridgehead atoms. The van der Waals surface area contributed by atoms with Gasteiger partial charge in [0.1, 0.15) is 5.25 Å². The van der Waals surface area contributed by atoms with E-state index in [-0.39, 0.29) is 17.4 Å². The van der Waals surface area contributed by atoms with E-state index in [0.717, 1.165) is 16.2 Å². The number of thiazole rings is 1. The van der Waals surface area contributed by atoms with E-state index in [1.54, 1.807) is 0 Å². The van der Waals surface area contributed by atoms with Crippen molar-refractivity contribution in [2.24, 2.45) is 0 Å². The number of carbonyl (C=O) groups is 1. The second kappa shape index (κ2) is 4.95. The number of nitro groups is 1. The Hall–Kier alpha value is -2.14. The first-order valence-corrected chi connectivity index (χ1v) is 8.31. The molecule has 1 aliphatic heterocycles. The number of nitro benzene ring substituents is 1. The van der Waals surface area contributed by atoms with E-state index in [9.17, 15) is 27.2 Å². The molecule has 1 atom stereocenters. The van der Waals surface area contributed by atoms with Crippen molar-refractivity contribution in [3.8, 4) is 0 Å². The molecule has 0 spiro atoms. The lowest BCUT2D eigenvalue weighted by molar-refractivity contribution is -0.384. The summed E-state index contributed by atoms with van der Waals surface area (Å²) in [5.41, 5.74) is 0.338. The van der Waals surface area contributed by atoms with E-state index < -0.39 is 32.7 Å². The highest BCUT2D eigenvalue weighted by Crippen LogP contribution is 2.34. The summed E-state index contributed by atoms with van der Waals surface area (Å²) >= 11 is 1.01. The smallest absolute Gasteiger partial charge is 0.287 e. The maximum atomic E-state index is 13.0. The second-order valence-corrected chi connectivity index (χ2v) is 7.34. The second-order valence-electron chi connectivity index (χ2n) is 4.71. The van der Waals surface area contributed by atoms with E-state index in [1.165, 1.54) is 18.2 Å². The van der Waals surface area contributed by atoms with Crippen LogP contribution in [0.2, 0.25) is 0 Å². The van der Waals surface area contributed by atoms with Crippen molar-refractivity contribution in [3.63, 3.8) is 0 Å². The summed E-state index contributed by atoms with van der Waals surface area (Å²) in [7, 11) is -4.80. The molecule has 3 rings (SSSR count). The van der Waals surface area contributed by atoms with Crippen LogP contribution in [0.5, 0.6) is 0 Å². The van der Waals surface area contributed by atoms with Gasteiger partial charge in [-0.25, -0.2) is 4.98 Å². The SMILES string of the molecule is O=C1CC(S(=O)(=O)F)CN1c1nc2ccc([N+](=O)[O-])cc2s1. The van der Waals surface area contributed by atoms with Crippen LogP contribution in [0.25, 0.3) is 10.2 Å². The summed E-state index contributed by atoms with van der Waals surface area (Å²) in [4.78, 5) is 27.3. The molecule has 1 aliphatic rings. The Morgan fingerprint density at radius 2 is 2.18 bits per heavy atom. The minimum Gasteiger partial charge on any atom is -0.287 e. The molecule has 2 aromatic rings. The summed E-state index contributed by atoms with van der Waals surface area (Å²) in [6, 6.07) is 4.05. The lowest BCUT2D eigenvalue weighted by atomic mass is 10.3. The predicted octanol–water partition coefficient (Wildman–Crippen LogP) is 1.61. The van der Waals surface area contributed by atoms with Gasteiger partial charge in [0.05, 0.1) is 15.1 Å². The fraction of sp³-hybridized carbons (Fsp3) is 0.273. The number of aromatic nitrogens is 1. The molecule has 1 amide bonds. The molecule has 8 nitrogen and oxygen atoms in total. The van der Waals surface area contributed by atoms with Gasteiger partial charge in [0.2, 0.25) is 5.91 Å². The van der Waals surface area contributed by atoms with Crippen molar-refractivity contribution in [1.82, 2.24) is 4.98 Å². The minimum absolute atomic E-state index is 0.111. The van der Waals surface area contributed by atoms with E-state index >= 15 is 0 Å². The van der Waals surface area contributed by atoms with Crippen LogP contribution in [0.3, 0.4) is 0 Å². The highest BCUT2D eigenvalue weighted by atomic mass is 32.3. The number of anilines is 1. The molecule has 1 saturated heterocycles. The first-order chi connectivity index (χ1) is 10.3. The van der Waals surface area contributed by atoms with Crippen LogP contribution in [0.15, 0.2) is 18.2 Å². The standard InChI is InChI=1S/C11H8FN3O5S2/c12-22(19,20)7-4-10(16)14(5-7)11-13-8-2-1-6(15(17)18)3-9(8)21-11/h1-3,7H,4-5H2. The Bertz CT molecular complexity index is 894. The molecular formula is C11H8FN3O5S2.